The summed E-state index contributed by atoms with van der Waals surface area (Å²) in [6.45, 7) is 10.5. The van der Waals surface area contributed by atoms with Crippen LogP contribution in [-0.4, -0.2) is 30.7 Å². The van der Waals surface area contributed by atoms with E-state index in [1.165, 1.54) is 42.8 Å². The van der Waals surface area contributed by atoms with Crippen molar-refractivity contribution in [3.63, 3.8) is 0 Å². The highest BCUT2D eigenvalue weighted by Gasteiger charge is 2.12. The minimum absolute atomic E-state index is 0.856. The number of allylic oxidation sites excluding steroid dienone is 2. The van der Waals surface area contributed by atoms with Gasteiger partial charge in [-0.2, -0.15) is 0 Å². The molecule has 116 valence electrons. The van der Waals surface area contributed by atoms with E-state index in [1.54, 1.807) is 0 Å². The zero-order valence-corrected chi connectivity index (χ0v) is 13.5. The molecule has 1 aliphatic heterocycles. The summed E-state index contributed by atoms with van der Waals surface area (Å²) in [5.74, 6) is 0.856. The van der Waals surface area contributed by atoms with Crippen molar-refractivity contribution < 1.29 is 0 Å². The number of aryl methyl sites for hydroxylation is 1. The van der Waals surface area contributed by atoms with Crippen LogP contribution in [0.25, 0.3) is 6.08 Å². The number of nitrogens with zero attached hydrogens (tertiary/aromatic N) is 1. The first kappa shape index (κ1) is 16.1. The summed E-state index contributed by atoms with van der Waals surface area (Å²) in [5.41, 5.74) is 4.11. The number of hydrogen-bond donors (Lipinski definition) is 2. The lowest BCUT2D eigenvalue weighted by Gasteiger charge is -2.22. The molecule has 0 spiro atoms. The first-order chi connectivity index (χ1) is 10.2. The van der Waals surface area contributed by atoms with E-state index in [-0.39, 0.29) is 0 Å². The van der Waals surface area contributed by atoms with Crippen LogP contribution in [0.2, 0.25) is 0 Å². The Balaban J connectivity index is 1.80. The Bertz CT molecular complexity index is 479. The van der Waals surface area contributed by atoms with E-state index in [1.807, 2.05) is 12.2 Å². The van der Waals surface area contributed by atoms with Gasteiger partial charge in [-0.15, -0.1) is 0 Å². The molecule has 2 N–H and O–H groups in total. The van der Waals surface area contributed by atoms with Gasteiger partial charge in [-0.3, -0.25) is 0 Å². The minimum Gasteiger partial charge on any atom is -0.351 e. The molecule has 3 nitrogen and oxygen atoms in total. The average molecular weight is 287 g/mol. The molecule has 1 saturated heterocycles. The molecular weight excluding hydrogens is 258 g/mol. The molecule has 0 unspecified atom stereocenters. The van der Waals surface area contributed by atoms with Crippen molar-refractivity contribution in [1.82, 2.24) is 15.2 Å². The fourth-order valence-electron chi connectivity index (χ4n) is 3.10. The lowest BCUT2D eigenvalue weighted by atomic mass is 9.98. The van der Waals surface area contributed by atoms with Gasteiger partial charge in [0.05, 0.1) is 0 Å². The number of rotatable bonds is 7. The van der Waals surface area contributed by atoms with Crippen LogP contribution >= 0.6 is 0 Å². The molecule has 2 rings (SSSR count). The molecule has 1 fully saturated rings. The predicted molar refractivity (Wildman–Crippen MR) is 91.5 cm³/mol. The summed E-state index contributed by atoms with van der Waals surface area (Å²) in [7, 11) is 2.11. The summed E-state index contributed by atoms with van der Waals surface area (Å²) in [6, 6.07) is 0. The second kappa shape index (κ2) is 8.20. The summed E-state index contributed by atoms with van der Waals surface area (Å²) in [4.78, 5) is 0. The summed E-state index contributed by atoms with van der Waals surface area (Å²) >= 11 is 0. The zero-order chi connectivity index (χ0) is 15.1. The third kappa shape index (κ3) is 4.58. The van der Waals surface area contributed by atoms with Gasteiger partial charge in [0.1, 0.15) is 0 Å². The molecule has 2 heterocycles. The van der Waals surface area contributed by atoms with Gasteiger partial charge in [0.25, 0.3) is 0 Å². The van der Waals surface area contributed by atoms with E-state index in [0.717, 1.165) is 25.4 Å². The molecule has 0 bridgehead atoms. The lowest BCUT2D eigenvalue weighted by molar-refractivity contribution is 0.358. The molecule has 3 heteroatoms. The Kier molecular flexibility index (Phi) is 6.27. The minimum atomic E-state index is 0.856. The van der Waals surface area contributed by atoms with Gasteiger partial charge in [-0.1, -0.05) is 18.7 Å². The highest BCUT2D eigenvalue weighted by Crippen LogP contribution is 2.18. The van der Waals surface area contributed by atoms with Gasteiger partial charge >= 0.3 is 0 Å². The number of aromatic nitrogens is 1. The topological polar surface area (TPSA) is 29.0 Å². The van der Waals surface area contributed by atoms with Gasteiger partial charge in [-0.25, -0.2) is 0 Å². The molecule has 0 aromatic carbocycles. The van der Waals surface area contributed by atoms with Crippen LogP contribution in [0, 0.1) is 12.8 Å². The molecule has 1 aromatic rings. The molecule has 0 radical (unpaired) electrons. The maximum Gasteiger partial charge on any atom is 0.0436 e. The number of piperidine rings is 1. The third-order valence-corrected chi connectivity index (χ3v) is 4.45. The maximum atomic E-state index is 3.74. The highest BCUT2D eigenvalue weighted by atomic mass is 14.9. The van der Waals surface area contributed by atoms with Crippen molar-refractivity contribution in [2.24, 2.45) is 13.0 Å². The summed E-state index contributed by atoms with van der Waals surface area (Å²) in [5, 5.41) is 7.05. The Morgan fingerprint density at radius 3 is 2.90 bits per heavy atom. The smallest absolute Gasteiger partial charge is 0.0436 e. The van der Waals surface area contributed by atoms with Crippen molar-refractivity contribution in [1.29, 1.82) is 0 Å². The van der Waals surface area contributed by atoms with E-state index in [9.17, 15) is 0 Å². The van der Waals surface area contributed by atoms with Crippen molar-refractivity contribution in [2.75, 3.05) is 26.2 Å². The molecule has 0 atom stereocenters. The molecule has 1 aromatic heterocycles. The number of nitrogens with one attached hydrogen (secondary N) is 2. The third-order valence-electron chi connectivity index (χ3n) is 4.45. The Morgan fingerprint density at radius 2 is 2.19 bits per heavy atom. The first-order valence-corrected chi connectivity index (χ1v) is 8.07. The van der Waals surface area contributed by atoms with Crippen LogP contribution in [0.1, 0.15) is 29.7 Å². The van der Waals surface area contributed by atoms with Crippen LogP contribution in [0.5, 0.6) is 0 Å². The van der Waals surface area contributed by atoms with Gasteiger partial charge < -0.3 is 15.2 Å². The normalized spacial score (nSPS) is 16.7. The molecule has 0 saturated carbocycles. The lowest BCUT2D eigenvalue weighted by Crippen LogP contribution is -2.34. The van der Waals surface area contributed by atoms with Gasteiger partial charge in [0.2, 0.25) is 0 Å². The van der Waals surface area contributed by atoms with Crippen LogP contribution < -0.4 is 10.6 Å². The fraction of sp³-hybridized carbons (Fsp3) is 0.556. The van der Waals surface area contributed by atoms with Gasteiger partial charge in [0.15, 0.2) is 0 Å². The number of hydrogen-bond acceptors (Lipinski definition) is 2. The van der Waals surface area contributed by atoms with Gasteiger partial charge in [0, 0.05) is 18.9 Å². The second-order valence-corrected chi connectivity index (χ2v) is 6.02. The molecule has 0 aliphatic carbocycles. The van der Waals surface area contributed by atoms with E-state index in [2.05, 4.69) is 48.0 Å². The molecular formula is C18H29N3. The first-order valence-electron chi connectivity index (χ1n) is 8.07. The Labute approximate surface area is 129 Å². The standard InChI is InChI=1S/C18H29N3/c1-4-5-6-18-15(2)17(14-21(18)3)9-12-20-13-16-7-10-19-11-8-16/h4-6,14,16,19-20H,1,7-13H2,2-3H3/b6-5-. The zero-order valence-electron chi connectivity index (χ0n) is 13.5. The Hall–Kier alpha value is -1.32. The van der Waals surface area contributed by atoms with Crippen LogP contribution in [0.15, 0.2) is 24.9 Å². The van der Waals surface area contributed by atoms with E-state index in [4.69, 9.17) is 0 Å². The predicted octanol–water partition coefficient (Wildman–Crippen LogP) is 2.66. The van der Waals surface area contributed by atoms with E-state index in [0.29, 0.717) is 0 Å². The van der Waals surface area contributed by atoms with Gasteiger partial charge in [-0.05, 0) is 75.5 Å². The second-order valence-electron chi connectivity index (χ2n) is 6.02. The summed E-state index contributed by atoms with van der Waals surface area (Å²) in [6.07, 6.45) is 11.9. The van der Waals surface area contributed by atoms with Crippen molar-refractivity contribution in [2.45, 2.75) is 26.2 Å². The highest BCUT2D eigenvalue weighted by molar-refractivity contribution is 5.54. The van der Waals surface area contributed by atoms with Crippen molar-refractivity contribution in [3.8, 4) is 0 Å². The van der Waals surface area contributed by atoms with E-state index >= 15 is 0 Å². The largest absolute Gasteiger partial charge is 0.351 e. The maximum absolute atomic E-state index is 3.74. The summed E-state index contributed by atoms with van der Waals surface area (Å²) < 4.78 is 2.21. The molecule has 21 heavy (non-hydrogen) atoms. The fourth-order valence-corrected chi connectivity index (χ4v) is 3.10. The van der Waals surface area contributed by atoms with Crippen LogP contribution in [-0.2, 0) is 13.5 Å². The SMILES string of the molecule is C=C/C=C\c1c(C)c(CCNCC2CCNCC2)cn1C. The average Bonchev–Trinajstić information content (AvgIpc) is 2.77. The monoisotopic (exact) mass is 287 g/mol. The quantitative estimate of drug-likeness (QED) is 0.596. The molecule has 0 amide bonds. The van der Waals surface area contributed by atoms with E-state index < -0.39 is 0 Å². The van der Waals surface area contributed by atoms with Crippen molar-refractivity contribution in [3.05, 3.63) is 41.7 Å². The van der Waals surface area contributed by atoms with Crippen molar-refractivity contribution >= 4 is 6.08 Å². The Morgan fingerprint density at radius 1 is 1.43 bits per heavy atom. The van der Waals surface area contributed by atoms with Crippen LogP contribution in [0.3, 0.4) is 0 Å². The molecule has 1 aliphatic rings. The van der Waals surface area contributed by atoms with Crippen LogP contribution in [0.4, 0.5) is 0 Å².